The minimum absolute atomic E-state index is 0.462. The molecule has 0 aliphatic carbocycles. The second-order valence-electron chi connectivity index (χ2n) is 2.69. The van der Waals surface area contributed by atoms with Crippen LogP contribution in [-0.4, -0.2) is 9.97 Å². The van der Waals surface area contributed by atoms with E-state index in [0.717, 1.165) is 25.5 Å². The number of thiophene rings is 1. The molecular formula is C8H7Br2N3S. The number of aromatic nitrogens is 2. The van der Waals surface area contributed by atoms with Gasteiger partial charge in [0.05, 0.1) is 10.6 Å². The summed E-state index contributed by atoms with van der Waals surface area (Å²) in [5, 5.41) is 2.03. The van der Waals surface area contributed by atoms with Gasteiger partial charge in [0.2, 0.25) is 0 Å². The Kier molecular flexibility index (Phi) is 3.06. The maximum atomic E-state index is 5.61. The Morgan fingerprint density at radius 2 is 2.29 bits per heavy atom. The van der Waals surface area contributed by atoms with Crippen molar-refractivity contribution in [1.29, 1.82) is 0 Å². The average molecular weight is 337 g/mol. The molecule has 0 aromatic carbocycles. The molecule has 3 N–H and O–H groups in total. The van der Waals surface area contributed by atoms with E-state index in [1.54, 1.807) is 11.3 Å². The Hall–Kier alpha value is -0.170. The number of hydrogen-bond donors (Lipinski definition) is 2. The van der Waals surface area contributed by atoms with E-state index in [2.05, 4.69) is 41.8 Å². The van der Waals surface area contributed by atoms with Crippen molar-refractivity contribution in [3.05, 3.63) is 26.3 Å². The fraction of sp³-hybridized carbons (Fsp3) is 0.125. The van der Waals surface area contributed by atoms with Gasteiger partial charge in [0, 0.05) is 16.4 Å². The van der Waals surface area contributed by atoms with E-state index in [1.165, 1.54) is 0 Å². The second kappa shape index (κ2) is 4.14. The predicted octanol–water partition coefficient (Wildman–Crippen LogP) is 3.12. The van der Waals surface area contributed by atoms with Crippen LogP contribution in [0.2, 0.25) is 0 Å². The highest BCUT2D eigenvalue weighted by atomic mass is 79.9. The third kappa shape index (κ3) is 1.93. The minimum Gasteiger partial charge on any atom is -0.335 e. The summed E-state index contributed by atoms with van der Waals surface area (Å²) >= 11 is 8.35. The van der Waals surface area contributed by atoms with Gasteiger partial charge in [0.1, 0.15) is 5.69 Å². The van der Waals surface area contributed by atoms with E-state index in [4.69, 9.17) is 5.73 Å². The first-order valence-electron chi connectivity index (χ1n) is 3.89. The lowest BCUT2D eigenvalue weighted by atomic mass is 10.3. The number of aromatic amines is 1. The fourth-order valence-electron chi connectivity index (χ4n) is 1.17. The van der Waals surface area contributed by atoms with Crippen LogP contribution in [-0.2, 0) is 6.54 Å². The number of H-pyrrole nitrogens is 1. The van der Waals surface area contributed by atoms with Crippen LogP contribution in [0.15, 0.2) is 20.7 Å². The summed E-state index contributed by atoms with van der Waals surface area (Å²) in [7, 11) is 0. The molecule has 0 atom stereocenters. The summed E-state index contributed by atoms with van der Waals surface area (Å²) < 4.78 is 1.79. The number of nitrogens with one attached hydrogen (secondary N) is 1. The molecule has 14 heavy (non-hydrogen) atoms. The van der Waals surface area contributed by atoms with Gasteiger partial charge >= 0.3 is 0 Å². The van der Waals surface area contributed by atoms with Crippen molar-refractivity contribution in [3.8, 4) is 10.6 Å². The van der Waals surface area contributed by atoms with Crippen LogP contribution in [0.1, 0.15) is 5.69 Å². The Morgan fingerprint density at radius 1 is 1.50 bits per heavy atom. The normalized spacial score (nSPS) is 10.8. The number of nitrogens with two attached hydrogens (primary N) is 1. The van der Waals surface area contributed by atoms with E-state index >= 15 is 0 Å². The van der Waals surface area contributed by atoms with Crippen molar-refractivity contribution >= 4 is 43.2 Å². The summed E-state index contributed by atoms with van der Waals surface area (Å²) in [6, 6.07) is 2.03. The van der Waals surface area contributed by atoms with Crippen molar-refractivity contribution in [2.24, 2.45) is 5.73 Å². The molecule has 6 heteroatoms. The SMILES string of the molecule is NCc1[nH]c(Br)nc1-c1cc(Br)cs1. The van der Waals surface area contributed by atoms with E-state index in [9.17, 15) is 0 Å². The fourth-order valence-corrected chi connectivity index (χ4v) is 3.03. The molecule has 0 fully saturated rings. The molecule has 3 nitrogen and oxygen atoms in total. The zero-order valence-corrected chi connectivity index (χ0v) is 11.0. The van der Waals surface area contributed by atoms with Crippen LogP contribution in [0, 0.1) is 0 Å². The molecule has 2 rings (SSSR count). The van der Waals surface area contributed by atoms with Crippen LogP contribution in [0.25, 0.3) is 10.6 Å². The van der Waals surface area contributed by atoms with Crippen molar-refractivity contribution in [2.75, 3.05) is 0 Å². The van der Waals surface area contributed by atoms with Gasteiger partial charge in [-0.3, -0.25) is 0 Å². The number of imidazole rings is 1. The maximum absolute atomic E-state index is 5.61. The number of nitrogens with zero attached hydrogens (tertiary/aromatic N) is 1. The van der Waals surface area contributed by atoms with Crippen LogP contribution < -0.4 is 5.73 Å². The lowest BCUT2D eigenvalue weighted by Gasteiger charge is -1.94. The highest BCUT2D eigenvalue weighted by Crippen LogP contribution is 2.31. The van der Waals surface area contributed by atoms with E-state index in [0.29, 0.717) is 6.54 Å². The first kappa shape index (κ1) is 10.4. The lowest BCUT2D eigenvalue weighted by Crippen LogP contribution is -1.97. The van der Waals surface area contributed by atoms with Crippen LogP contribution in [0.4, 0.5) is 0 Å². The summed E-state index contributed by atoms with van der Waals surface area (Å²) in [5.74, 6) is 0. The zero-order valence-electron chi connectivity index (χ0n) is 7.05. The molecule has 0 aliphatic rings. The molecular weight excluding hydrogens is 330 g/mol. The maximum Gasteiger partial charge on any atom is 0.175 e. The van der Waals surface area contributed by atoms with Gasteiger partial charge in [-0.1, -0.05) is 0 Å². The van der Waals surface area contributed by atoms with Gasteiger partial charge < -0.3 is 10.7 Å². The monoisotopic (exact) mass is 335 g/mol. The molecule has 0 saturated carbocycles. The molecule has 2 heterocycles. The quantitative estimate of drug-likeness (QED) is 0.885. The van der Waals surface area contributed by atoms with Crippen LogP contribution in [0.5, 0.6) is 0 Å². The third-order valence-corrected chi connectivity index (χ3v) is 3.83. The second-order valence-corrected chi connectivity index (χ2v) is 5.27. The summed E-state index contributed by atoms with van der Waals surface area (Å²) in [4.78, 5) is 8.52. The molecule has 2 aromatic rings. The van der Waals surface area contributed by atoms with Gasteiger partial charge in [-0.15, -0.1) is 11.3 Å². The first-order chi connectivity index (χ1) is 6.70. The highest BCUT2D eigenvalue weighted by Gasteiger charge is 2.11. The summed E-state index contributed by atoms with van der Waals surface area (Å²) in [5.41, 5.74) is 7.49. The van der Waals surface area contributed by atoms with E-state index in [-0.39, 0.29) is 0 Å². The average Bonchev–Trinajstić information content (AvgIpc) is 2.71. The Morgan fingerprint density at radius 3 is 2.86 bits per heavy atom. The van der Waals surface area contributed by atoms with E-state index in [1.807, 2.05) is 11.4 Å². The third-order valence-electron chi connectivity index (χ3n) is 1.75. The van der Waals surface area contributed by atoms with Crippen LogP contribution in [0.3, 0.4) is 0 Å². The molecule has 0 saturated heterocycles. The molecule has 0 unspecified atom stereocenters. The molecule has 0 radical (unpaired) electrons. The largest absolute Gasteiger partial charge is 0.335 e. The summed E-state index contributed by atoms with van der Waals surface area (Å²) in [6.07, 6.45) is 0. The molecule has 0 spiro atoms. The summed E-state index contributed by atoms with van der Waals surface area (Å²) in [6.45, 7) is 0.462. The highest BCUT2D eigenvalue weighted by molar-refractivity contribution is 9.10. The lowest BCUT2D eigenvalue weighted by molar-refractivity contribution is 1.01. The Balaban J connectivity index is 2.49. The van der Waals surface area contributed by atoms with Gasteiger partial charge in [-0.25, -0.2) is 4.98 Å². The molecule has 74 valence electrons. The smallest absolute Gasteiger partial charge is 0.175 e. The predicted molar refractivity (Wildman–Crippen MR) is 65.2 cm³/mol. The van der Waals surface area contributed by atoms with E-state index < -0.39 is 0 Å². The standard InChI is InChI=1S/C8H7Br2N3S/c9-4-1-6(14-3-4)7-5(2-11)12-8(10)13-7/h1,3H,2,11H2,(H,12,13). The van der Waals surface area contributed by atoms with Gasteiger partial charge in [0.15, 0.2) is 4.73 Å². The molecule has 0 amide bonds. The molecule has 0 aliphatic heterocycles. The zero-order chi connectivity index (χ0) is 10.1. The number of halogens is 2. The van der Waals surface area contributed by atoms with Crippen LogP contribution >= 0.6 is 43.2 Å². The first-order valence-corrected chi connectivity index (χ1v) is 6.36. The van der Waals surface area contributed by atoms with Gasteiger partial charge in [0.25, 0.3) is 0 Å². The van der Waals surface area contributed by atoms with Gasteiger partial charge in [-0.05, 0) is 37.9 Å². The Labute approximate surface area is 102 Å². The minimum atomic E-state index is 0.462. The van der Waals surface area contributed by atoms with Crippen molar-refractivity contribution in [1.82, 2.24) is 9.97 Å². The molecule has 0 bridgehead atoms. The van der Waals surface area contributed by atoms with Gasteiger partial charge in [-0.2, -0.15) is 0 Å². The van der Waals surface area contributed by atoms with Crippen molar-refractivity contribution in [3.63, 3.8) is 0 Å². The Bertz CT molecular complexity index is 449. The number of rotatable bonds is 2. The number of hydrogen-bond acceptors (Lipinski definition) is 3. The van der Waals surface area contributed by atoms with Crippen molar-refractivity contribution in [2.45, 2.75) is 6.54 Å². The van der Waals surface area contributed by atoms with Crippen molar-refractivity contribution < 1.29 is 0 Å². The topological polar surface area (TPSA) is 54.7 Å². The molecule has 2 aromatic heterocycles.